The molecule has 3 heterocycles. The van der Waals surface area contributed by atoms with E-state index in [0.717, 1.165) is 53.8 Å². The highest BCUT2D eigenvalue weighted by Gasteiger charge is 2.14. The summed E-state index contributed by atoms with van der Waals surface area (Å²) in [4.78, 5) is 24.3. The number of thioether (sulfide) groups is 1. The minimum Gasteiger partial charge on any atom is -0.351 e. The predicted octanol–water partition coefficient (Wildman–Crippen LogP) is 4.60. The summed E-state index contributed by atoms with van der Waals surface area (Å²) in [6, 6.07) is 22.2. The van der Waals surface area contributed by atoms with E-state index in [1.807, 2.05) is 48.7 Å². The lowest BCUT2D eigenvalue weighted by molar-refractivity contribution is 0.0949. The average Bonchev–Trinajstić information content (AvgIpc) is 3.52. The third-order valence-electron chi connectivity index (χ3n) is 6.15. The fourth-order valence-corrected chi connectivity index (χ4v) is 5.25. The first-order valence-corrected chi connectivity index (χ1v) is 12.8. The molecule has 2 aromatic heterocycles. The molecule has 1 aliphatic heterocycles. The predicted molar refractivity (Wildman–Crippen MR) is 137 cm³/mol. The molecule has 1 N–H and O–H groups in total. The number of rotatable bonds is 9. The van der Waals surface area contributed by atoms with Crippen molar-refractivity contribution in [1.29, 1.82) is 0 Å². The largest absolute Gasteiger partial charge is 0.351 e. The summed E-state index contributed by atoms with van der Waals surface area (Å²) in [5.74, 6) is 0.767. The van der Waals surface area contributed by atoms with Crippen LogP contribution in [0.1, 0.15) is 34.3 Å². The van der Waals surface area contributed by atoms with Crippen LogP contribution in [0.15, 0.2) is 78.1 Å². The van der Waals surface area contributed by atoms with Crippen molar-refractivity contribution >= 4 is 28.8 Å². The number of nitrogens with one attached hydrogen (secondary N) is 1. The highest BCUT2D eigenvalue weighted by molar-refractivity contribution is 7.98. The van der Waals surface area contributed by atoms with Gasteiger partial charge in [-0.25, -0.2) is 9.97 Å². The van der Waals surface area contributed by atoms with Crippen LogP contribution in [0.4, 0.5) is 0 Å². The number of likely N-dealkylation sites (tertiary alicyclic amines) is 1. The van der Waals surface area contributed by atoms with E-state index in [1.54, 1.807) is 11.8 Å². The summed E-state index contributed by atoms with van der Waals surface area (Å²) in [6.07, 6.45) is 4.35. The van der Waals surface area contributed by atoms with E-state index >= 15 is 0 Å². The van der Waals surface area contributed by atoms with E-state index in [4.69, 9.17) is 4.98 Å². The lowest BCUT2D eigenvalue weighted by Crippen LogP contribution is -2.33. The third kappa shape index (κ3) is 5.48. The minimum absolute atomic E-state index is 0.00544. The van der Waals surface area contributed by atoms with Gasteiger partial charge in [0, 0.05) is 30.6 Å². The number of pyridine rings is 1. The van der Waals surface area contributed by atoms with Gasteiger partial charge < -0.3 is 10.2 Å². The van der Waals surface area contributed by atoms with Crippen molar-refractivity contribution in [2.45, 2.75) is 30.3 Å². The number of carbonyl (C=O) groups excluding carboxylic acids is 1. The van der Waals surface area contributed by atoms with Gasteiger partial charge in [0.2, 0.25) is 0 Å². The third-order valence-corrected chi connectivity index (χ3v) is 7.20. The van der Waals surface area contributed by atoms with Gasteiger partial charge in [-0.05, 0) is 61.3 Å². The molecule has 0 bridgehead atoms. The highest BCUT2D eigenvalue weighted by atomic mass is 32.2. The number of hydrogen-bond acceptors (Lipinski definition) is 5. The molecular weight excluding hydrogens is 442 g/mol. The second kappa shape index (κ2) is 10.8. The minimum atomic E-state index is -0.00544. The van der Waals surface area contributed by atoms with Crippen LogP contribution in [0.5, 0.6) is 0 Å². The zero-order valence-electron chi connectivity index (χ0n) is 19.2. The first kappa shape index (κ1) is 22.6. The Hall–Kier alpha value is -3.16. The molecule has 1 amide bonds. The van der Waals surface area contributed by atoms with E-state index in [0.29, 0.717) is 12.1 Å². The van der Waals surface area contributed by atoms with Crippen LogP contribution in [-0.4, -0.2) is 51.5 Å². The summed E-state index contributed by atoms with van der Waals surface area (Å²) in [5.41, 5.74) is 4.88. The molecule has 7 heteroatoms. The van der Waals surface area contributed by atoms with Gasteiger partial charge >= 0.3 is 0 Å². The van der Waals surface area contributed by atoms with E-state index < -0.39 is 0 Å². The Labute approximate surface area is 204 Å². The Kier molecular flexibility index (Phi) is 7.22. The molecular formula is C27H29N5OS. The molecule has 174 valence electrons. The number of aromatic nitrogens is 3. The average molecular weight is 472 g/mol. The monoisotopic (exact) mass is 471 g/mol. The number of imidazole rings is 1. The molecule has 1 aliphatic rings. The lowest BCUT2D eigenvalue weighted by Gasteiger charge is -2.14. The van der Waals surface area contributed by atoms with Crippen LogP contribution < -0.4 is 5.32 Å². The van der Waals surface area contributed by atoms with Gasteiger partial charge in [0.1, 0.15) is 5.52 Å². The zero-order valence-corrected chi connectivity index (χ0v) is 20.0. The second-order valence-corrected chi connectivity index (χ2v) is 9.55. The van der Waals surface area contributed by atoms with Crippen LogP contribution in [0, 0.1) is 0 Å². The summed E-state index contributed by atoms with van der Waals surface area (Å²) < 4.78 is 2.18. The van der Waals surface area contributed by atoms with Gasteiger partial charge in [0.05, 0.1) is 6.54 Å². The maximum Gasteiger partial charge on any atom is 0.251 e. The number of fused-ring (bicyclic) bond motifs is 1. The molecule has 1 saturated heterocycles. The number of amides is 1. The Morgan fingerprint density at radius 2 is 1.74 bits per heavy atom. The van der Waals surface area contributed by atoms with Crippen LogP contribution in [0.3, 0.4) is 0 Å². The molecule has 0 unspecified atom stereocenters. The topological polar surface area (TPSA) is 63.1 Å². The van der Waals surface area contributed by atoms with E-state index in [9.17, 15) is 4.79 Å². The smallest absolute Gasteiger partial charge is 0.251 e. The van der Waals surface area contributed by atoms with Gasteiger partial charge in [-0.1, -0.05) is 54.2 Å². The van der Waals surface area contributed by atoms with Gasteiger partial charge in [0.25, 0.3) is 5.91 Å². The van der Waals surface area contributed by atoms with Crippen molar-refractivity contribution in [3.8, 4) is 0 Å². The van der Waals surface area contributed by atoms with E-state index in [1.165, 1.54) is 18.4 Å². The number of carbonyl (C=O) groups is 1. The number of nitrogens with zero attached hydrogens (tertiary/aromatic N) is 4. The Bertz CT molecular complexity index is 1230. The van der Waals surface area contributed by atoms with Crippen molar-refractivity contribution in [2.75, 3.05) is 26.2 Å². The summed E-state index contributed by atoms with van der Waals surface area (Å²) in [6.45, 7) is 4.66. The van der Waals surface area contributed by atoms with Crippen molar-refractivity contribution in [3.05, 3.63) is 89.6 Å². The molecule has 2 aromatic carbocycles. The zero-order chi connectivity index (χ0) is 23.2. The van der Waals surface area contributed by atoms with Gasteiger partial charge in [-0.15, -0.1) is 0 Å². The Morgan fingerprint density at radius 3 is 2.53 bits per heavy atom. The molecule has 1 fully saturated rings. The van der Waals surface area contributed by atoms with Crippen molar-refractivity contribution < 1.29 is 4.79 Å². The molecule has 0 saturated carbocycles. The fraction of sp³-hybridized carbons (Fsp3) is 0.296. The summed E-state index contributed by atoms with van der Waals surface area (Å²) >= 11 is 1.69. The second-order valence-electron chi connectivity index (χ2n) is 8.60. The Morgan fingerprint density at radius 1 is 0.941 bits per heavy atom. The maximum atomic E-state index is 12.5. The molecule has 0 aliphatic carbocycles. The standard InChI is InChI=1S/C27H29N5OS/c33-26(29-15-18-31-16-4-5-17-31)23-12-10-22(11-13-23)20-34-27-30-24-9-6-14-28-25(24)32(27)19-21-7-2-1-3-8-21/h1-3,6-14H,4-5,15-20H2,(H,29,33). The van der Waals surface area contributed by atoms with Gasteiger partial charge in [-0.2, -0.15) is 0 Å². The maximum absolute atomic E-state index is 12.5. The van der Waals surface area contributed by atoms with Crippen molar-refractivity contribution in [3.63, 3.8) is 0 Å². The first-order valence-electron chi connectivity index (χ1n) is 11.8. The van der Waals surface area contributed by atoms with E-state index in [-0.39, 0.29) is 5.91 Å². The van der Waals surface area contributed by atoms with Crippen molar-refractivity contribution in [2.24, 2.45) is 0 Å². The van der Waals surface area contributed by atoms with Crippen LogP contribution in [0.25, 0.3) is 11.2 Å². The van der Waals surface area contributed by atoms with Crippen LogP contribution in [-0.2, 0) is 12.3 Å². The molecule has 0 spiro atoms. The summed E-state index contributed by atoms with van der Waals surface area (Å²) in [5, 5.41) is 3.99. The molecule has 34 heavy (non-hydrogen) atoms. The molecule has 6 nitrogen and oxygen atoms in total. The van der Waals surface area contributed by atoms with Gasteiger partial charge in [0.15, 0.2) is 10.8 Å². The normalized spacial score (nSPS) is 14.0. The van der Waals surface area contributed by atoms with E-state index in [2.05, 4.69) is 44.0 Å². The van der Waals surface area contributed by atoms with Crippen molar-refractivity contribution in [1.82, 2.24) is 24.8 Å². The summed E-state index contributed by atoms with van der Waals surface area (Å²) in [7, 11) is 0. The number of benzene rings is 2. The molecule has 5 rings (SSSR count). The quantitative estimate of drug-likeness (QED) is 0.362. The van der Waals surface area contributed by atoms with Crippen LogP contribution in [0.2, 0.25) is 0 Å². The first-order chi connectivity index (χ1) is 16.8. The molecule has 4 aromatic rings. The lowest BCUT2D eigenvalue weighted by atomic mass is 10.1. The van der Waals surface area contributed by atoms with Gasteiger partial charge in [-0.3, -0.25) is 9.36 Å². The SMILES string of the molecule is O=C(NCCN1CCCC1)c1ccc(CSc2nc3cccnc3n2Cc2ccccc2)cc1. The molecule has 0 atom stereocenters. The highest BCUT2D eigenvalue weighted by Crippen LogP contribution is 2.27. The molecule has 0 radical (unpaired) electrons. The number of hydrogen-bond donors (Lipinski definition) is 1. The Balaban J connectivity index is 1.22. The van der Waals surface area contributed by atoms with Crippen LogP contribution >= 0.6 is 11.8 Å². The fourth-order valence-electron chi connectivity index (χ4n) is 4.29.